The molecule has 0 aliphatic carbocycles. The monoisotopic (exact) mass is 618 g/mol. The number of carbonyl (C=O) groups excluding carboxylic acids is 1. The molecular formula is C38H42N4O4. The van der Waals surface area contributed by atoms with Crippen LogP contribution in [-0.2, 0) is 20.7 Å². The number of carboxylic acids is 1. The minimum atomic E-state index is -0.865. The van der Waals surface area contributed by atoms with Gasteiger partial charge in [-0.2, -0.15) is 0 Å². The number of carbonyl (C=O) groups is 2. The van der Waals surface area contributed by atoms with E-state index in [0.29, 0.717) is 12.8 Å². The Bertz CT molecular complexity index is 2030. The second-order valence-electron chi connectivity index (χ2n) is 12.9. The molecule has 0 fully saturated rings. The highest BCUT2D eigenvalue weighted by Gasteiger charge is 2.22. The Hall–Kier alpha value is -4.98. The molecule has 0 saturated carbocycles. The second kappa shape index (κ2) is 12.4. The molecule has 3 N–H and O–H groups in total. The summed E-state index contributed by atoms with van der Waals surface area (Å²) in [6, 6.07) is 8.04. The number of esters is 1. The highest BCUT2D eigenvalue weighted by molar-refractivity contribution is 5.98. The van der Waals surface area contributed by atoms with Crippen LogP contribution in [0.15, 0.2) is 43.5 Å². The number of ether oxygens (including phenoxy) is 1. The summed E-state index contributed by atoms with van der Waals surface area (Å²) in [7, 11) is 0. The van der Waals surface area contributed by atoms with E-state index >= 15 is 0 Å². The Morgan fingerprint density at radius 2 is 1.37 bits per heavy atom. The molecule has 238 valence electrons. The molecular weight excluding hydrogens is 576 g/mol. The predicted molar refractivity (Wildman–Crippen MR) is 187 cm³/mol. The molecule has 46 heavy (non-hydrogen) atoms. The molecule has 8 nitrogen and oxygen atoms in total. The van der Waals surface area contributed by atoms with Crippen LogP contribution in [0.1, 0.15) is 98.9 Å². The summed E-state index contributed by atoms with van der Waals surface area (Å²) in [5.74, 6) is -1.14. The van der Waals surface area contributed by atoms with Crippen LogP contribution in [0.2, 0.25) is 0 Å². The third-order valence-corrected chi connectivity index (χ3v) is 8.63. The first-order valence-electron chi connectivity index (χ1n) is 15.6. The number of aliphatic carboxylic acids is 1. The van der Waals surface area contributed by atoms with Crippen molar-refractivity contribution in [3.63, 3.8) is 0 Å². The van der Waals surface area contributed by atoms with Gasteiger partial charge in [-0.05, 0) is 119 Å². The average molecular weight is 619 g/mol. The van der Waals surface area contributed by atoms with Gasteiger partial charge < -0.3 is 19.8 Å². The third kappa shape index (κ3) is 6.38. The van der Waals surface area contributed by atoms with Crippen LogP contribution in [0.5, 0.6) is 0 Å². The van der Waals surface area contributed by atoms with Crippen molar-refractivity contribution in [2.24, 2.45) is 0 Å². The highest BCUT2D eigenvalue weighted by atomic mass is 16.6. The van der Waals surface area contributed by atoms with Crippen molar-refractivity contribution in [1.82, 2.24) is 19.9 Å². The van der Waals surface area contributed by atoms with Crippen LogP contribution in [0.25, 0.3) is 50.4 Å². The molecule has 0 atom stereocenters. The number of aromatic nitrogens is 4. The molecule has 5 rings (SSSR count). The topological polar surface area (TPSA) is 121 Å². The summed E-state index contributed by atoms with van der Waals surface area (Å²) in [5.41, 5.74) is 13.6. The zero-order valence-electron chi connectivity index (χ0n) is 27.8. The van der Waals surface area contributed by atoms with E-state index in [0.717, 1.165) is 89.4 Å². The van der Waals surface area contributed by atoms with Gasteiger partial charge in [-0.3, -0.25) is 9.59 Å². The molecule has 2 aliphatic rings. The third-order valence-electron chi connectivity index (χ3n) is 8.63. The summed E-state index contributed by atoms with van der Waals surface area (Å²) in [4.78, 5) is 41.6. The fraction of sp³-hybridized carbons (Fsp3) is 0.316. The van der Waals surface area contributed by atoms with Gasteiger partial charge in [0.05, 0.1) is 22.8 Å². The van der Waals surface area contributed by atoms with Crippen molar-refractivity contribution >= 4 is 62.4 Å². The van der Waals surface area contributed by atoms with Crippen molar-refractivity contribution in [2.75, 3.05) is 0 Å². The molecule has 8 heteroatoms. The number of nitrogens with zero attached hydrogens (tertiary/aromatic N) is 2. The molecule has 5 heterocycles. The van der Waals surface area contributed by atoms with E-state index in [-0.39, 0.29) is 18.8 Å². The number of allylic oxidation sites excluding steroid dienone is 5. The van der Waals surface area contributed by atoms with Gasteiger partial charge in [-0.25, -0.2) is 9.97 Å². The molecule has 0 aromatic carbocycles. The Morgan fingerprint density at radius 1 is 0.783 bits per heavy atom. The van der Waals surface area contributed by atoms with Gasteiger partial charge in [0, 0.05) is 46.0 Å². The molecule has 0 spiro atoms. The largest absolute Gasteiger partial charge is 0.481 e. The zero-order valence-corrected chi connectivity index (χ0v) is 27.8. The summed E-state index contributed by atoms with van der Waals surface area (Å²) in [6.45, 7) is 21.8. The molecule has 3 aromatic heterocycles. The van der Waals surface area contributed by atoms with Gasteiger partial charge in [-0.15, -0.1) is 0 Å². The summed E-state index contributed by atoms with van der Waals surface area (Å²) < 4.78 is 5.61. The van der Waals surface area contributed by atoms with E-state index in [2.05, 4.69) is 30.0 Å². The summed E-state index contributed by atoms with van der Waals surface area (Å²) in [6.07, 6.45) is 4.65. The summed E-state index contributed by atoms with van der Waals surface area (Å²) in [5, 5.41) is 9.54. The van der Waals surface area contributed by atoms with Crippen molar-refractivity contribution in [3.05, 3.63) is 88.5 Å². The molecule has 0 unspecified atom stereocenters. The first-order valence-corrected chi connectivity index (χ1v) is 15.6. The number of rotatable bonds is 8. The molecule has 3 aromatic rings. The van der Waals surface area contributed by atoms with Gasteiger partial charge in [0.2, 0.25) is 0 Å². The number of aryl methyl sites for hydroxylation is 3. The Balaban J connectivity index is 1.85. The predicted octanol–water partition coefficient (Wildman–Crippen LogP) is 8.76. The van der Waals surface area contributed by atoms with E-state index in [9.17, 15) is 14.7 Å². The lowest BCUT2D eigenvalue weighted by Gasteiger charge is -2.19. The van der Waals surface area contributed by atoms with Gasteiger partial charge in [0.15, 0.2) is 0 Å². The molecule has 0 radical (unpaired) electrons. The van der Waals surface area contributed by atoms with Crippen molar-refractivity contribution in [2.45, 2.75) is 79.8 Å². The van der Waals surface area contributed by atoms with E-state index in [1.165, 1.54) is 0 Å². The summed E-state index contributed by atoms with van der Waals surface area (Å²) >= 11 is 0. The number of carboxylic acid groups (broad SMARTS) is 1. The van der Waals surface area contributed by atoms with Crippen LogP contribution in [-0.4, -0.2) is 42.6 Å². The number of hydrogen-bond donors (Lipinski definition) is 3. The average Bonchev–Trinajstić information content (AvgIpc) is 3.63. The van der Waals surface area contributed by atoms with E-state index in [1.807, 2.05) is 78.0 Å². The van der Waals surface area contributed by atoms with Crippen LogP contribution in [0.4, 0.5) is 0 Å². The van der Waals surface area contributed by atoms with Gasteiger partial charge in [-0.1, -0.05) is 25.3 Å². The fourth-order valence-electron chi connectivity index (χ4n) is 6.16. The number of hydrogen-bond acceptors (Lipinski definition) is 5. The maximum atomic E-state index is 12.8. The van der Waals surface area contributed by atoms with Gasteiger partial charge in [0.25, 0.3) is 0 Å². The smallest absolute Gasteiger partial charge is 0.306 e. The maximum Gasteiger partial charge on any atom is 0.306 e. The van der Waals surface area contributed by atoms with E-state index in [1.54, 1.807) is 0 Å². The molecule has 0 amide bonds. The SMILES string of the molecule is C=CC1=C(C)c2cc3[nH]c(cc4nc(cc5[nH]c(cc1n2)c(C)c5C=C)C(C)=C4CCC(=O)OC(C)(C)C)c(CCC(=O)O)c3C. The minimum Gasteiger partial charge on any atom is -0.481 e. The lowest BCUT2D eigenvalue weighted by Crippen LogP contribution is -2.23. The standard InChI is InChI=1S/C38H42N4O4/c1-10-24-20(3)28-16-29-22(5)26(12-14-36(43)44)34(41-29)19-35-27(13-15-37(45)46-38(7,8)9)23(6)31(42-35)18-33-25(11-2)21(4)30(40-33)17-32(24)39-28/h10-11,16-19,40-41H,1-2,12-15H2,3-9H3,(H,43,44). The quantitative estimate of drug-likeness (QED) is 0.217. The molecule has 2 aliphatic heterocycles. The van der Waals surface area contributed by atoms with Crippen molar-refractivity contribution < 1.29 is 19.4 Å². The highest BCUT2D eigenvalue weighted by Crippen LogP contribution is 2.36. The first kappa shape index (κ1) is 32.4. The number of aromatic amines is 2. The Morgan fingerprint density at radius 3 is 2.02 bits per heavy atom. The van der Waals surface area contributed by atoms with Gasteiger partial charge >= 0.3 is 11.9 Å². The van der Waals surface area contributed by atoms with Crippen molar-refractivity contribution in [1.29, 1.82) is 0 Å². The molecule has 8 bridgehead atoms. The van der Waals surface area contributed by atoms with E-state index < -0.39 is 11.6 Å². The molecule has 0 saturated heterocycles. The minimum absolute atomic E-state index is 0.0109. The first-order chi connectivity index (χ1) is 21.7. The Kier molecular flexibility index (Phi) is 8.76. The number of H-pyrrole nitrogens is 2. The number of fused-ring (bicyclic) bond motifs is 8. The van der Waals surface area contributed by atoms with Crippen molar-refractivity contribution in [3.8, 4) is 0 Å². The second-order valence-corrected chi connectivity index (χ2v) is 12.9. The lowest BCUT2D eigenvalue weighted by atomic mass is 10.00. The van der Waals surface area contributed by atoms with Gasteiger partial charge in [0.1, 0.15) is 5.60 Å². The van der Waals surface area contributed by atoms with Crippen LogP contribution in [0.3, 0.4) is 0 Å². The van der Waals surface area contributed by atoms with Crippen LogP contribution >= 0.6 is 0 Å². The Labute approximate surface area is 269 Å². The maximum absolute atomic E-state index is 12.8. The van der Waals surface area contributed by atoms with Crippen LogP contribution < -0.4 is 0 Å². The fourth-order valence-corrected chi connectivity index (χ4v) is 6.16. The van der Waals surface area contributed by atoms with E-state index in [4.69, 9.17) is 14.7 Å². The zero-order chi connectivity index (χ0) is 33.5. The van der Waals surface area contributed by atoms with Crippen LogP contribution in [0, 0.1) is 13.8 Å². The normalized spacial score (nSPS) is 13.3. The lowest BCUT2D eigenvalue weighted by molar-refractivity contribution is -0.154. The number of nitrogens with one attached hydrogen (secondary N) is 2.